The standard InChI is InChI=1S/C9H16N2O/c1-10-9(12)11-7-8-5-3-2-4-6-8/h5H,2-4,6-7H2,1H3,(H2,10,11,12). The second-order valence-electron chi connectivity index (χ2n) is 3.04. The van der Waals surface area contributed by atoms with Crippen LogP contribution in [0.2, 0.25) is 0 Å². The number of carbonyl (C=O) groups is 1. The highest BCUT2D eigenvalue weighted by Gasteiger charge is 2.03. The van der Waals surface area contributed by atoms with Crippen LogP contribution in [-0.2, 0) is 0 Å². The van der Waals surface area contributed by atoms with Gasteiger partial charge in [-0.25, -0.2) is 4.79 Å². The molecule has 1 rings (SSSR count). The largest absolute Gasteiger partial charge is 0.341 e. The van der Waals surface area contributed by atoms with Gasteiger partial charge in [0, 0.05) is 13.6 Å². The van der Waals surface area contributed by atoms with Crippen LogP contribution in [0.4, 0.5) is 4.79 Å². The summed E-state index contributed by atoms with van der Waals surface area (Å²) in [6.45, 7) is 0.708. The number of carbonyl (C=O) groups excluding carboxylic acids is 1. The van der Waals surface area contributed by atoms with E-state index in [9.17, 15) is 4.79 Å². The molecule has 0 aromatic rings. The van der Waals surface area contributed by atoms with Gasteiger partial charge in [-0.2, -0.15) is 0 Å². The molecule has 1 aliphatic carbocycles. The van der Waals surface area contributed by atoms with Crippen molar-refractivity contribution in [1.82, 2.24) is 10.6 Å². The number of rotatable bonds is 2. The fourth-order valence-electron chi connectivity index (χ4n) is 1.35. The average molecular weight is 168 g/mol. The van der Waals surface area contributed by atoms with Crippen molar-refractivity contribution in [3.63, 3.8) is 0 Å². The molecule has 0 heterocycles. The summed E-state index contributed by atoms with van der Waals surface area (Å²) in [7, 11) is 1.63. The molecule has 68 valence electrons. The third-order valence-electron chi connectivity index (χ3n) is 2.09. The van der Waals surface area contributed by atoms with Crippen LogP contribution >= 0.6 is 0 Å². The smallest absolute Gasteiger partial charge is 0.314 e. The van der Waals surface area contributed by atoms with E-state index in [-0.39, 0.29) is 6.03 Å². The van der Waals surface area contributed by atoms with Gasteiger partial charge in [0.25, 0.3) is 0 Å². The minimum atomic E-state index is -0.0959. The number of hydrogen-bond donors (Lipinski definition) is 2. The molecule has 0 atom stereocenters. The van der Waals surface area contributed by atoms with Crippen LogP contribution < -0.4 is 10.6 Å². The molecule has 0 bridgehead atoms. The van der Waals surface area contributed by atoms with Gasteiger partial charge >= 0.3 is 6.03 Å². The molecule has 0 radical (unpaired) electrons. The molecule has 2 N–H and O–H groups in total. The maximum Gasteiger partial charge on any atom is 0.314 e. The summed E-state index contributed by atoms with van der Waals surface area (Å²) < 4.78 is 0. The molecule has 2 amide bonds. The van der Waals surface area contributed by atoms with E-state index in [0.29, 0.717) is 6.54 Å². The Labute approximate surface area is 73.2 Å². The first-order valence-electron chi connectivity index (χ1n) is 4.46. The van der Waals surface area contributed by atoms with Crippen molar-refractivity contribution in [2.24, 2.45) is 0 Å². The van der Waals surface area contributed by atoms with Crippen molar-refractivity contribution in [3.05, 3.63) is 11.6 Å². The molecular weight excluding hydrogens is 152 g/mol. The molecule has 0 aromatic carbocycles. The zero-order chi connectivity index (χ0) is 8.81. The minimum Gasteiger partial charge on any atom is -0.341 e. The highest BCUT2D eigenvalue weighted by molar-refractivity contribution is 5.73. The van der Waals surface area contributed by atoms with Gasteiger partial charge in [-0.05, 0) is 25.7 Å². The van der Waals surface area contributed by atoms with Gasteiger partial charge < -0.3 is 10.6 Å². The summed E-state index contributed by atoms with van der Waals surface area (Å²) >= 11 is 0. The van der Waals surface area contributed by atoms with Crippen molar-refractivity contribution >= 4 is 6.03 Å². The Bertz CT molecular complexity index is 187. The Morgan fingerprint density at radius 3 is 3.00 bits per heavy atom. The number of hydrogen-bond acceptors (Lipinski definition) is 1. The predicted molar refractivity (Wildman–Crippen MR) is 49.0 cm³/mol. The number of amides is 2. The predicted octanol–water partition coefficient (Wildman–Crippen LogP) is 1.42. The molecule has 12 heavy (non-hydrogen) atoms. The quantitative estimate of drug-likeness (QED) is 0.601. The topological polar surface area (TPSA) is 41.1 Å². The number of nitrogens with one attached hydrogen (secondary N) is 2. The molecule has 0 fully saturated rings. The maximum absolute atomic E-state index is 10.8. The van der Waals surface area contributed by atoms with Crippen LogP contribution in [0.15, 0.2) is 11.6 Å². The van der Waals surface area contributed by atoms with E-state index in [2.05, 4.69) is 16.7 Å². The molecule has 0 saturated heterocycles. The van der Waals surface area contributed by atoms with E-state index in [1.807, 2.05) is 0 Å². The fourth-order valence-corrected chi connectivity index (χ4v) is 1.35. The summed E-state index contributed by atoms with van der Waals surface area (Å²) in [5.74, 6) is 0. The monoisotopic (exact) mass is 168 g/mol. The third-order valence-corrected chi connectivity index (χ3v) is 2.09. The van der Waals surface area contributed by atoms with Crippen molar-refractivity contribution in [1.29, 1.82) is 0 Å². The molecule has 3 nitrogen and oxygen atoms in total. The summed E-state index contributed by atoms with van der Waals surface area (Å²) in [4.78, 5) is 10.8. The number of urea groups is 1. The molecular formula is C9H16N2O. The summed E-state index contributed by atoms with van der Waals surface area (Å²) in [5.41, 5.74) is 1.37. The first kappa shape index (κ1) is 9.10. The number of allylic oxidation sites excluding steroid dienone is 1. The van der Waals surface area contributed by atoms with Crippen LogP contribution in [-0.4, -0.2) is 19.6 Å². The maximum atomic E-state index is 10.8. The third kappa shape index (κ3) is 2.95. The van der Waals surface area contributed by atoms with Crippen molar-refractivity contribution in [2.45, 2.75) is 25.7 Å². The lowest BCUT2D eigenvalue weighted by molar-refractivity contribution is 0.243. The van der Waals surface area contributed by atoms with Gasteiger partial charge in [-0.15, -0.1) is 0 Å². The van der Waals surface area contributed by atoms with Crippen LogP contribution in [0, 0.1) is 0 Å². The second-order valence-corrected chi connectivity index (χ2v) is 3.04. The van der Waals surface area contributed by atoms with E-state index in [4.69, 9.17) is 0 Å². The van der Waals surface area contributed by atoms with E-state index >= 15 is 0 Å². The van der Waals surface area contributed by atoms with Crippen LogP contribution in [0.5, 0.6) is 0 Å². The SMILES string of the molecule is CNC(=O)NCC1=CCCCC1. The highest BCUT2D eigenvalue weighted by atomic mass is 16.2. The van der Waals surface area contributed by atoms with Gasteiger partial charge in [0.1, 0.15) is 0 Å². The Balaban J connectivity index is 2.21. The van der Waals surface area contributed by atoms with E-state index in [1.54, 1.807) is 7.05 Å². The lowest BCUT2D eigenvalue weighted by Gasteiger charge is -2.12. The lowest BCUT2D eigenvalue weighted by atomic mass is 10.00. The van der Waals surface area contributed by atoms with Gasteiger partial charge in [0.2, 0.25) is 0 Å². The molecule has 0 spiro atoms. The Kier molecular flexibility index (Phi) is 3.64. The highest BCUT2D eigenvalue weighted by Crippen LogP contribution is 2.15. The van der Waals surface area contributed by atoms with Crippen molar-refractivity contribution < 1.29 is 4.79 Å². The van der Waals surface area contributed by atoms with Crippen molar-refractivity contribution in [3.8, 4) is 0 Å². The molecule has 1 aliphatic rings. The average Bonchev–Trinajstić information content (AvgIpc) is 2.16. The van der Waals surface area contributed by atoms with Gasteiger partial charge in [0.05, 0.1) is 0 Å². The zero-order valence-electron chi connectivity index (χ0n) is 7.52. The van der Waals surface area contributed by atoms with Gasteiger partial charge in [-0.3, -0.25) is 0 Å². The molecule has 0 aliphatic heterocycles. The van der Waals surface area contributed by atoms with Crippen LogP contribution in [0.25, 0.3) is 0 Å². The zero-order valence-corrected chi connectivity index (χ0v) is 7.52. The first-order valence-corrected chi connectivity index (χ1v) is 4.46. The van der Waals surface area contributed by atoms with Gasteiger partial charge in [0.15, 0.2) is 0 Å². The Morgan fingerprint density at radius 1 is 1.58 bits per heavy atom. The van der Waals surface area contributed by atoms with Crippen LogP contribution in [0.1, 0.15) is 25.7 Å². The van der Waals surface area contributed by atoms with Crippen LogP contribution in [0.3, 0.4) is 0 Å². The Hall–Kier alpha value is -0.990. The van der Waals surface area contributed by atoms with E-state index in [1.165, 1.54) is 24.8 Å². The molecule has 0 unspecified atom stereocenters. The van der Waals surface area contributed by atoms with E-state index < -0.39 is 0 Å². The lowest BCUT2D eigenvalue weighted by Crippen LogP contribution is -2.34. The van der Waals surface area contributed by atoms with Gasteiger partial charge in [-0.1, -0.05) is 11.6 Å². The molecule has 0 aromatic heterocycles. The van der Waals surface area contributed by atoms with E-state index in [0.717, 1.165) is 6.42 Å². The summed E-state index contributed by atoms with van der Waals surface area (Å²) in [6.07, 6.45) is 7.11. The fraction of sp³-hybridized carbons (Fsp3) is 0.667. The minimum absolute atomic E-state index is 0.0959. The Morgan fingerprint density at radius 2 is 2.42 bits per heavy atom. The summed E-state index contributed by atoms with van der Waals surface area (Å²) in [5, 5.41) is 5.31. The normalized spacial score (nSPS) is 16.6. The molecule has 3 heteroatoms. The van der Waals surface area contributed by atoms with Crippen molar-refractivity contribution in [2.75, 3.05) is 13.6 Å². The second kappa shape index (κ2) is 4.80. The summed E-state index contributed by atoms with van der Waals surface area (Å²) in [6, 6.07) is -0.0959. The molecule has 0 saturated carbocycles. The first-order chi connectivity index (χ1) is 5.83.